The van der Waals surface area contributed by atoms with Gasteiger partial charge in [-0.2, -0.15) is 5.10 Å². The fourth-order valence-electron chi connectivity index (χ4n) is 2.38. The number of aromatic amines is 1. The summed E-state index contributed by atoms with van der Waals surface area (Å²) in [5, 5.41) is 6.43. The first kappa shape index (κ1) is 11.0. The van der Waals surface area contributed by atoms with E-state index >= 15 is 0 Å². The molecule has 3 rings (SSSR count). The molecule has 1 N–H and O–H groups in total. The first-order chi connectivity index (χ1) is 8.86. The molecule has 18 heavy (non-hydrogen) atoms. The largest absolute Gasteiger partial charge is 0.370 e. The van der Waals surface area contributed by atoms with Crippen molar-refractivity contribution < 1.29 is 0 Å². The standard InChI is InChI=1S/C13H14N4O/c18-13-12(10-3-5-14-6-4-10)11(9-15-16-13)17-7-1-2-8-17/h3-6,9H,1-2,7-8H2,(H,16,18). The van der Waals surface area contributed by atoms with E-state index in [0.29, 0.717) is 5.56 Å². The van der Waals surface area contributed by atoms with Gasteiger partial charge >= 0.3 is 0 Å². The molecule has 0 aromatic carbocycles. The number of pyridine rings is 1. The molecule has 0 spiro atoms. The van der Waals surface area contributed by atoms with E-state index in [4.69, 9.17) is 0 Å². The van der Waals surface area contributed by atoms with Crippen molar-refractivity contribution >= 4 is 5.69 Å². The SMILES string of the molecule is O=c1[nH]ncc(N2CCCC2)c1-c1ccncc1. The molecule has 0 saturated carbocycles. The number of aromatic nitrogens is 3. The molecule has 92 valence electrons. The summed E-state index contributed by atoms with van der Waals surface area (Å²) < 4.78 is 0. The molecule has 0 amide bonds. The first-order valence-corrected chi connectivity index (χ1v) is 6.09. The summed E-state index contributed by atoms with van der Waals surface area (Å²) in [6.45, 7) is 1.98. The van der Waals surface area contributed by atoms with Crippen LogP contribution in [-0.2, 0) is 0 Å². The summed E-state index contributed by atoms with van der Waals surface area (Å²) in [5.74, 6) is 0. The van der Waals surface area contributed by atoms with Crippen LogP contribution in [0, 0.1) is 0 Å². The second-order valence-electron chi connectivity index (χ2n) is 4.39. The van der Waals surface area contributed by atoms with Gasteiger partial charge in [-0.05, 0) is 30.5 Å². The minimum absolute atomic E-state index is 0.148. The number of nitrogens with one attached hydrogen (secondary N) is 1. The normalized spacial score (nSPS) is 15.0. The molecule has 0 bridgehead atoms. The third-order valence-electron chi connectivity index (χ3n) is 3.25. The van der Waals surface area contributed by atoms with E-state index in [2.05, 4.69) is 20.1 Å². The molecule has 1 aliphatic rings. The molecule has 0 radical (unpaired) electrons. The molecule has 5 heteroatoms. The molecular weight excluding hydrogens is 228 g/mol. The van der Waals surface area contributed by atoms with Gasteiger partial charge in [0.1, 0.15) is 0 Å². The summed E-state index contributed by atoms with van der Waals surface area (Å²) in [7, 11) is 0. The molecule has 2 aromatic rings. The molecular formula is C13H14N4O. The Hall–Kier alpha value is -2.17. The lowest BCUT2D eigenvalue weighted by Gasteiger charge is -2.19. The smallest absolute Gasteiger partial charge is 0.274 e. The lowest BCUT2D eigenvalue weighted by molar-refractivity contribution is 0.924. The highest BCUT2D eigenvalue weighted by molar-refractivity contribution is 5.76. The number of hydrogen-bond donors (Lipinski definition) is 1. The highest BCUT2D eigenvalue weighted by Crippen LogP contribution is 2.28. The quantitative estimate of drug-likeness (QED) is 0.865. The zero-order valence-electron chi connectivity index (χ0n) is 9.97. The summed E-state index contributed by atoms with van der Waals surface area (Å²) >= 11 is 0. The third-order valence-corrected chi connectivity index (χ3v) is 3.25. The Kier molecular flexibility index (Phi) is 2.80. The Morgan fingerprint density at radius 1 is 1.17 bits per heavy atom. The fraction of sp³-hybridized carbons (Fsp3) is 0.308. The van der Waals surface area contributed by atoms with E-state index in [1.165, 1.54) is 12.8 Å². The topological polar surface area (TPSA) is 61.9 Å². The Balaban J connectivity index is 2.15. The fourth-order valence-corrected chi connectivity index (χ4v) is 2.38. The maximum Gasteiger partial charge on any atom is 0.274 e. The molecule has 0 aliphatic carbocycles. The van der Waals surface area contributed by atoms with E-state index in [-0.39, 0.29) is 5.56 Å². The monoisotopic (exact) mass is 242 g/mol. The summed E-state index contributed by atoms with van der Waals surface area (Å²) in [6, 6.07) is 3.70. The molecule has 2 aromatic heterocycles. The number of anilines is 1. The van der Waals surface area contributed by atoms with Gasteiger partial charge in [0, 0.05) is 25.5 Å². The Bertz CT molecular complexity index is 587. The van der Waals surface area contributed by atoms with Crippen LogP contribution >= 0.6 is 0 Å². The maximum absolute atomic E-state index is 12.0. The number of H-pyrrole nitrogens is 1. The van der Waals surface area contributed by atoms with Crippen molar-refractivity contribution in [3.8, 4) is 11.1 Å². The van der Waals surface area contributed by atoms with Gasteiger partial charge < -0.3 is 4.90 Å². The Morgan fingerprint density at radius 2 is 1.89 bits per heavy atom. The zero-order valence-corrected chi connectivity index (χ0v) is 9.97. The van der Waals surface area contributed by atoms with Gasteiger partial charge in [-0.1, -0.05) is 0 Å². The predicted molar refractivity (Wildman–Crippen MR) is 69.5 cm³/mol. The highest BCUT2D eigenvalue weighted by Gasteiger charge is 2.19. The second kappa shape index (κ2) is 4.60. The maximum atomic E-state index is 12.0. The molecule has 1 aliphatic heterocycles. The minimum Gasteiger partial charge on any atom is -0.370 e. The van der Waals surface area contributed by atoms with Gasteiger partial charge in [0.2, 0.25) is 0 Å². The van der Waals surface area contributed by atoms with Gasteiger partial charge in [0.25, 0.3) is 5.56 Å². The average Bonchev–Trinajstić information content (AvgIpc) is 2.93. The van der Waals surface area contributed by atoms with Crippen molar-refractivity contribution in [1.29, 1.82) is 0 Å². The molecule has 1 saturated heterocycles. The zero-order chi connectivity index (χ0) is 12.4. The molecule has 0 unspecified atom stereocenters. The Morgan fingerprint density at radius 3 is 2.61 bits per heavy atom. The van der Waals surface area contributed by atoms with Gasteiger partial charge in [-0.25, -0.2) is 5.10 Å². The van der Waals surface area contributed by atoms with E-state index in [0.717, 1.165) is 24.3 Å². The van der Waals surface area contributed by atoms with Crippen LogP contribution in [-0.4, -0.2) is 28.3 Å². The summed E-state index contributed by atoms with van der Waals surface area (Å²) in [4.78, 5) is 18.2. The van der Waals surface area contributed by atoms with Crippen LogP contribution in [0.2, 0.25) is 0 Å². The van der Waals surface area contributed by atoms with Crippen molar-refractivity contribution in [2.24, 2.45) is 0 Å². The lowest BCUT2D eigenvalue weighted by Crippen LogP contribution is -2.23. The van der Waals surface area contributed by atoms with Crippen LogP contribution in [0.5, 0.6) is 0 Å². The van der Waals surface area contributed by atoms with Crippen LogP contribution in [0.3, 0.4) is 0 Å². The first-order valence-electron chi connectivity index (χ1n) is 6.09. The summed E-state index contributed by atoms with van der Waals surface area (Å²) in [6.07, 6.45) is 7.47. The Labute approximate surface area is 104 Å². The van der Waals surface area contributed by atoms with Crippen molar-refractivity contribution in [3.05, 3.63) is 41.1 Å². The van der Waals surface area contributed by atoms with Gasteiger partial charge in [0.15, 0.2) is 0 Å². The van der Waals surface area contributed by atoms with Crippen molar-refractivity contribution in [3.63, 3.8) is 0 Å². The minimum atomic E-state index is -0.148. The second-order valence-corrected chi connectivity index (χ2v) is 4.39. The highest BCUT2D eigenvalue weighted by atomic mass is 16.1. The van der Waals surface area contributed by atoms with Gasteiger partial charge in [-0.3, -0.25) is 9.78 Å². The van der Waals surface area contributed by atoms with Gasteiger partial charge in [0.05, 0.1) is 17.4 Å². The van der Waals surface area contributed by atoms with Gasteiger partial charge in [-0.15, -0.1) is 0 Å². The van der Waals surface area contributed by atoms with E-state index in [1.54, 1.807) is 18.6 Å². The number of rotatable bonds is 2. The van der Waals surface area contributed by atoms with E-state index < -0.39 is 0 Å². The molecule has 1 fully saturated rings. The van der Waals surface area contributed by atoms with Crippen LogP contribution in [0.1, 0.15) is 12.8 Å². The lowest BCUT2D eigenvalue weighted by atomic mass is 10.1. The predicted octanol–water partition coefficient (Wildman–Crippen LogP) is 1.43. The van der Waals surface area contributed by atoms with Crippen LogP contribution < -0.4 is 10.5 Å². The van der Waals surface area contributed by atoms with E-state index in [1.807, 2.05) is 12.1 Å². The molecule has 0 atom stereocenters. The summed E-state index contributed by atoms with van der Waals surface area (Å²) in [5.41, 5.74) is 2.35. The van der Waals surface area contributed by atoms with Crippen LogP contribution in [0.4, 0.5) is 5.69 Å². The number of nitrogens with zero attached hydrogens (tertiary/aromatic N) is 3. The number of hydrogen-bond acceptors (Lipinski definition) is 4. The third kappa shape index (κ3) is 1.88. The van der Waals surface area contributed by atoms with Crippen molar-refractivity contribution in [2.45, 2.75) is 12.8 Å². The molecule has 3 heterocycles. The average molecular weight is 242 g/mol. The van der Waals surface area contributed by atoms with E-state index in [9.17, 15) is 4.79 Å². The van der Waals surface area contributed by atoms with Crippen LogP contribution in [0.15, 0.2) is 35.5 Å². The van der Waals surface area contributed by atoms with Crippen molar-refractivity contribution in [1.82, 2.24) is 15.2 Å². The van der Waals surface area contributed by atoms with Crippen LogP contribution in [0.25, 0.3) is 11.1 Å². The molecule has 5 nitrogen and oxygen atoms in total. The van der Waals surface area contributed by atoms with Crippen molar-refractivity contribution in [2.75, 3.05) is 18.0 Å².